The van der Waals surface area contributed by atoms with Gasteiger partial charge in [0.25, 0.3) is 0 Å². The molecule has 1 unspecified atom stereocenters. The largest absolute Gasteiger partial charge is 0.383 e. The minimum absolute atomic E-state index is 0.281. The van der Waals surface area contributed by atoms with E-state index in [1.54, 1.807) is 7.11 Å². The van der Waals surface area contributed by atoms with Crippen molar-refractivity contribution in [1.29, 1.82) is 5.26 Å². The molecule has 0 heterocycles. The van der Waals surface area contributed by atoms with Crippen molar-refractivity contribution in [3.63, 3.8) is 0 Å². The molecule has 1 rings (SSSR count). The van der Waals surface area contributed by atoms with Gasteiger partial charge in [-0.2, -0.15) is 5.26 Å². The molecule has 0 saturated carbocycles. The first-order chi connectivity index (χ1) is 9.24. The van der Waals surface area contributed by atoms with Crippen LogP contribution in [-0.4, -0.2) is 33.9 Å². The Labute approximate surface area is 116 Å². The molecule has 0 spiro atoms. The van der Waals surface area contributed by atoms with E-state index in [1.165, 1.54) is 11.3 Å². The van der Waals surface area contributed by atoms with E-state index in [4.69, 9.17) is 10.00 Å². The number of rotatable bonds is 8. The number of hydrogen-bond acceptors (Lipinski definition) is 4. The number of nitriles is 1. The molecule has 4 nitrogen and oxygen atoms in total. The van der Waals surface area contributed by atoms with Crippen molar-refractivity contribution in [3.05, 3.63) is 29.8 Å². The van der Waals surface area contributed by atoms with Crippen molar-refractivity contribution < 1.29 is 4.74 Å². The topological polar surface area (TPSA) is 48.3 Å². The van der Waals surface area contributed by atoms with Gasteiger partial charge in [0.1, 0.15) is 0 Å². The van der Waals surface area contributed by atoms with E-state index in [1.807, 2.05) is 19.2 Å². The molecule has 0 aliphatic heterocycles. The molecule has 0 aliphatic carbocycles. The summed E-state index contributed by atoms with van der Waals surface area (Å²) in [6.07, 6.45) is 0.520. The second kappa shape index (κ2) is 8.52. The summed E-state index contributed by atoms with van der Waals surface area (Å²) in [6, 6.07) is 10.8. The van der Waals surface area contributed by atoms with Crippen LogP contribution in [0.4, 0.5) is 5.69 Å². The zero-order valence-electron chi connectivity index (χ0n) is 12.0. The first-order valence-electron chi connectivity index (χ1n) is 6.61. The number of nitrogens with one attached hydrogen (secondary N) is 1. The summed E-state index contributed by atoms with van der Waals surface area (Å²) >= 11 is 0. The van der Waals surface area contributed by atoms with Gasteiger partial charge in [0.05, 0.1) is 19.1 Å². The Balaban J connectivity index is 2.96. The van der Waals surface area contributed by atoms with Crippen LogP contribution in [-0.2, 0) is 4.74 Å². The van der Waals surface area contributed by atoms with Crippen LogP contribution in [0.1, 0.15) is 24.9 Å². The predicted octanol–water partition coefficient (Wildman–Crippen LogP) is 2.33. The minimum atomic E-state index is 0.281. The van der Waals surface area contributed by atoms with Crippen LogP contribution in [0.25, 0.3) is 0 Å². The van der Waals surface area contributed by atoms with Gasteiger partial charge >= 0.3 is 0 Å². The van der Waals surface area contributed by atoms with Gasteiger partial charge in [-0.1, -0.05) is 18.2 Å². The second-order valence-corrected chi connectivity index (χ2v) is 4.46. The molecule has 1 aromatic rings. The number of ether oxygens (including phenoxy) is 1. The Morgan fingerprint density at radius 1 is 1.37 bits per heavy atom. The average Bonchev–Trinajstić information content (AvgIpc) is 2.47. The molecule has 4 heteroatoms. The molecule has 0 aliphatic rings. The lowest BCUT2D eigenvalue weighted by atomic mass is 10.0. The van der Waals surface area contributed by atoms with Crippen molar-refractivity contribution in [2.75, 3.05) is 38.8 Å². The maximum absolute atomic E-state index is 8.79. The molecule has 1 aromatic carbocycles. The summed E-state index contributed by atoms with van der Waals surface area (Å²) in [6.45, 7) is 4.32. The van der Waals surface area contributed by atoms with E-state index in [2.05, 4.69) is 35.3 Å². The van der Waals surface area contributed by atoms with Gasteiger partial charge in [-0.15, -0.1) is 0 Å². The molecule has 0 amide bonds. The van der Waals surface area contributed by atoms with Gasteiger partial charge in [0.15, 0.2) is 0 Å². The summed E-state index contributed by atoms with van der Waals surface area (Å²) in [7, 11) is 3.65. The van der Waals surface area contributed by atoms with Gasteiger partial charge in [-0.05, 0) is 25.6 Å². The fourth-order valence-corrected chi connectivity index (χ4v) is 2.04. The number of para-hydroxylation sites is 1. The highest BCUT2D eigenvalue weighted by Crippen LogP contribution is 2.26. The Bertz CT molecular complexity index is 414. The summed E-state index contributed by atoms with van der Waals surface area (Å²) < 4.78 is 5.16. The van der Waals surface area contributed by atoms with E-state index >= 15 is 0 Å². The van der Waals surface area contributed by atoms with Gasteiger partial charge in [0, 0.05) is 31.9 Å². The lowest BCUT2D eigenvalue weighted by Gasteiger charge is -2.28. The van der Waals surface area contributed by atoms with Crippen molar-refractivity contribution in [2.24, 2.45) is 0 Å². The third-order valence-corrected chi connectivity index (χ3v) is 3.24. The maximum Gasteiger partial charge on any atom is 0.0640 e. The number of hydrogen-bond donors (Lipinski definition) is 1. The van der Waals surface area contributed by atoms with Gasteiger partial charge in [0.2, 0.25) is 0 Å². The van der Waals surface area contributed by atoms with Crippen LogP contribution in [0.2, 0.25) is 0 Å². The third kappa shape index (κ3) is 4.55. The van der Waals surface area contributed by atoms with E-state index in [0.29, 0.717) is 13.0 Å². The molecule has 1 atom stereocenters. The Hall–Kier alpha value is -1.57. The van der Waals surface area contributed by atoms with Crippen LogP contribution in [0.5, 0.6) is 0 Å². The fraction of sp³-hybridized carbons (Fsp3) is 0.533. The molecule has 104 valence electrons. The van der Waals surface area contributed by atoms with Crippen LogP contribution in [0, 0.1) is 11.3 Å². The molecule has 0 fully saturated rings. The lowest BCUT2D eigenvalue weighted by molar-refractivity contribution is 0.205. The molecule has 0 aromatic heterocycles. The van der Waals surface area contributed by atoms with Crippen LogP contribution in [0.15, 0.2) is 24.3 Å². The highest BCUT2D eigenvalue weighted by Gasteiger charge is 2.14. The highest BCUT2D eigenvalue weighted by atomic mass is 16.5. The second-order valence-electron chi connectivity index (χ2n) is 4.46. The van der Waals surface area contributed by atoms with Crippen molar-refractivity contribution in [1.82, 2.24) is 5.32 Å². The van der Waals surface area contributed by atoms with E-state index in [-0.39, 0.29) is 6.04 Å². The smallest absolute Gasteiger partial charge is 0.0640 e. The SMILES string of the molecule is CNC(C)c1ccccc1N(CCC#N)CCOC. The van der Waals surface area contributed by atoms with Crippen LogP contribution in [0.3, 0.4) is 0 Å². The molecule has 0 saturated heterocycles. The van der Waals surface area contributed by atoms with Crippen molar-refractivity contribution >= 4 is 5.69 Å². The number of benzene rings is 1. The Morgan fingerprint density at radius 3 is 2.74 bits per heavy atom. The van der Waals surface area contributed by atoms with Crippen LogP contribution >= 0.6 is 0 Å². The Kier molecular flexibility index (Phi) is 6.94. The number of anilines is 1. The summed E-state index contributed by atoms with van der Waals surface area (Å²) in [5, 5.41) is 12.1. The zero-order valence-corrected chi connectivity index (χ0v) is 12.0. The monoisotopic (exact) mass is 261 g/mol. The molecular formula is C15H23N3O. The average molecular weight is 261 g/mol. The summed E-state index contributed by atoms with van der Waals surface area (Å²) in [4.78, 5) is 2.22. The molecular weight excluding hydrogens is 238 g/mol. The number of methoxy groups -OCH3 is 1. The molecule has 1 N–H and O–H groups in total. The van der Waals surface area contributed by atoms with Crippen molar-refractivity contribution in [3.8, 4) is 6.07 Å². The zero-order chi connectivity index (χ0) is 14.1. The standard InChI is InChI=1S/C15H23N3O/c1-13(17-2)14-7-4-5-8-15(14)18(10-6-9-16)11-12-19-3/h4-5,7-8,13,17H,6,10-12H2,1-3H3. The van der Waals surface area contributed by atoms with Crippen LogP contribution < -0.4 is 10.2 Å². The normalized spacial score (nSPS) is 11.9. The maximum atomic E-state index is 8.79. The lowest BCUT2D eigenvalue weighted by Crippen LogP contribution is -2.30. The summed E-state index contributed by atoms with van der Waals surface area (Å²) in [5.41, 5.74) is 2.43. The highest BCUT2D eigenvalue weighted by molar-refractivity contribution is 5.55. The predicted molar refractivity (Wildman–Crippen MR) is 78.2 cm³/mol. The third-order valence-electron chi connectivity index (χ3n) is 3.24. The van der Waals surface area contributed by atoms with E-state index in [9.17, 15) is 0 Å². The van der Waals surface area contributed by atoms with Gasteiger partial charge in [-0.25, -0.2) is 0 Å². The number of nitrogens with zero attached hydrogens (tertiary/aromatic N) is 2. The fourth-order valence-electron chi connectivity index (χ4n) is 2.04. The minimum Gasteiger partial charge on any atom is -0.383 e. The van der Waals surface area contributed by atoms with E-state index in [0.717, 1.165) is 13.1 Å². The van der Waals surface area contributed by atoms with E-state index < -0.39 is 0 Å². The van der Waals surface area contributed by atoms with Gasteiger partial charge in [-0.3, -0.25) is 0 Å². The van der Waals surface area contributed by atoms with Crippen molar-refractivity contribution in [2.45, 2.75) is 19.4 Å². The molecule has 19 heavy (non-hydrogen) atoms. The first-order valence-corrected chi connectivity index (χ1v) is 6.61. The van der Waals surface area contributed by atoms with Gasteiger partial charge < -0.3 is 15.0 Å². The summed E-state index contributed by atoms with van der Waals surface area (Å²) in [5.74, 6) is 0. The Morgan fingerprint density at radius 2 is 2.11 bits per heavy atom. The molecule has 0 bridgehead atoms. The quantitative estimate of drug-likeness (QED) is 0.780. The first kappa shape index (κ1) is 15.5. The molecule has 0 radical (unpaired) electrons.